The molecule has 2 heterocycles. The molecule has 100 valence electrons. The molecule has 2 aromatic rings. The molecular weight excluding hydrogens is 355 g/mol. The Morgan fingerprint density at radius 3 is 2.89 bits per heavy atom. The van der Waals surface area contributed by atoms with Crippen LogP contribution in [0.25, 0.3) is 5.82 Å². The summed E-state index contributed by atoms with van der Waals surface area (Å²) >= 11 is 2.25. The van der Waals surface area contributed by atoms with Gasteiger partial charge in [0.25, 0.3) is 0 Å². The lowest BCUT2D eigenvalue weighted by molar-refractivity contribution is 0.179. The van der Waals surface area contributed by atoms with Crippen LogP contribution in [-0.2, 0) is 12.8 Å². The molecule has 0 aliphatic heterocycles. The highest BCUT2D eigenvalue weighted by Gasteiger charge is 2.24. The molecular formula is C13H15IN4O. The van der Waals surface area contributed by atoms with Crippen molar-refractivity contribution in [3.05, 3.63) is 38.9 Å². The summed E-state index contributed by atoms with van der Waals surface area (Å²) < 4.78 is 2.94. The van der Waals surface area contributed by atoms with E-state index in [-0.39, 0.29) is 0 Å². The van der Waals surface area contributed by atoms with Gasteiger partial charge in [0.1, 0.15) is 11.9 Å². The van der Waals surface area contributed by atoms with Crippen LogP contribution in [0.3, 0.4) is 0 Å². The van der Waals surface area contributed by atoms with Crippen LogP contribution in [0.5, 0.6) is 0 Å². The van der Waals surface area contributed by atoms with Crippen LogP contribution in [0.2, 0.25) is 0 Å². The zero-order valence-corrected chi connectivity index (χ0v) is 12.5. The van der Waals surface area contributed by atoms with Crippen molar-refractivity contribution in [2.45, 2.75) is 31.9 Å². The maximum Gasteiger partial charge on any atom is 0.154 e. The number of fused-ring (bicyclic) bond motifs is 1. The molecule has 0 bridgehead atoms. The number of nitrogens with two attached hydrogens (primary N) is 1. The number of aliphatic hydroxyl groups excluding tert-OH is 1. The molecule has 0 radical (unpaired) electrons. The molecule has 2 aromatic heterocycles. The summed E-state index contributed by atoms with van der Waals surface area (Å²) in [5.74, 6) is 0.789. The predicted molar refractivity (Wildman–Crippen MR) is 79.9 cm³/mol. The third-order valence-corrected chi connectivity index (χ3v) is 4.09. The molecule has 0 saturated heterocycles. The van der Waals surface area contributed by atoms with Gasteiger partial charge >= 0.3 is 0 Å². The van der Waals surface area contributed by atoms with E-state index >= 15 is 0 Å². The fourth-order valence-electron chi connectivity index (χ4n) is 2.56. The molecule has 0 saturated carbocycles. The molecule has 3 N–H and O–H groups in total. The fourth-order valence-corrected chi connectivity index (χ4v) is 3.00. The van der Waals surface area contributed by atoms with Gasteiger partial charge in [-0.05, 0) is 60.4 Å². The largest absolute Gasteiger partial charge is 0.373 e. The molecule has 0 aromatic carbocycles. The Morgan fingerprint density at radius 2 is 2.16 bits per heavy atom. The van der Waals surface area contributed by atoms with E-state index in [4.69, 9.17) is 5.73 Å². The van der Waals surface area contributed by atoms with Gasteiger partial charge in [0.2, 0.25) is 0 Å². The molecule has 19 heavy (non-hydrogen) atoms. The number of aromatic nitrogens is 3. The maximum atomic E-state index is 9.67. The van der Waals surface area contributed by atoms with Crippen LogP contribution in [0.15, 0.2) is 18.3 Å². The summed E-state index contributed by atoms with van der Waals surface area (Å²) in [4.78, 5) is 4.36. The van der Waals surface area contributed by atoms with Crippen LogP contribution in [0, 0.1) is 3.57 Å². The second-order valence-electron chi connectivity index (χ2n) is 4.71. The third kappa shape index (κ3) is 2.39. The van der Waals surface area contributed by atoms with E-state index in [9.17, 15) is 5.11 Å². The molecule has 5 nitrogen and oxygen atoms in total. The highest BCUT2D eigenvalue weighted by Crippen LogP contribution is 2.28. The lowest BCUT2D eigenvalue weighted by Gasteiger charge is -2.14. The van der Waals surface area contributed by atoms with Gasteiger partial charge in [0.15, 0.2) is 5.82 Å². The van der Waals surface area contributed by atoms with E-state index in [0.717, 1.165) is 46.3 Å². The second kappa shape index (κ2) is 5.18. The first-order chi connectivity index (χ1) is 9.16. The molecule has 0 amide bonds. The van der Waals surface area contributed by atoms with Crippen molar-refractivity contribution in [3.8, 4) is 5.82 Å². The Bertz CT molecular complexity index is 609. The molecule has 0 fully saturated rings. The van der Waals surface area contributed by atoms with Crippen molar-refractivity contribution in [1.82, 2.24) is 14.8 Å². The molecule has 0 spiro atoms. The van der Waals surface area contributed by atoms with Crippen LogP contribution in [0.4, 0.5) is 0 Å². The number of rotatable bonds is 2. The molecule has 1 unspecified atom stereocenters. The van der Waals surface area contributed by atoms with E-state index < -0.39 is 6.23 Å². The second-order valence-corrected chi connectivity index (χ2v) is 5.95. The van der Waals surface area contributed by atoms with Gasteiger partial charge in [0.05, 0.1) is 0 Å². The lowest BCUT2D eigenvalue weighted by atomic mass is 9.95. The van der Waals surface area contributed by atoms with Crippen LogP contribution in [-0.4, -0.2) is 19.9 Å². The van der Waals surface area contributed by atoms with Crippen molar-refractivity contribution in [2.75, 3.05) is 0 Å². The summed E-state index contributed by atoms with van der Waals surface area (Å²) in [6, 6.07) is 3.92. The van der Waals surface area contributed by atoms with Crippen molar-refractivity contribution >= 4 is 22.6 Å². The van der Waals surface area contributed by atoms with Gasteiger partial charge in [-0.3, -0.25) is 0 Å². The number of nitrogens with zero attached hydrogens (tertiary/aromatic N) is 3. The Balaban J connectivity index is 2.16. The van der Waals surface area contributed by atoms with E-state index in [0.29, 0.717) is 5.69 Å². The topological polar surface area (TPSA) is 77.0 Å². The zero-order chi connectivity index (χ0) is 13.4. The van der Waals surface area contributed by atoms with Gasteiger partial charge < -0.3 is 10.8 Å². The number of halogens is 1. The number of hydrogen-bond donors (Lipinski definition) is 2. The smallest absolute Gasteiger partial charge is 0.154 e. The van der Waals surface area contributed by atoms with Gasteiger partial charge in [-0.15, -0.1) is 0 Å². The molecule has 1 atom stereocenters. The minimum absolute atomic E-state index is 0.593. The van der Waals surface area contributed by atoms with E-state index in [1.807, 2.05) is 16.8 Å². The first-order valence-electron chi connectivity index (χ1n) is 6.33. The average molecular weight is 370 g/mol. The van der Waals surface area contributed by atoms with Gasteiger partial charge in [-0.2, -0.15) is 5.10 Å². The highest BCUT2D eigenvalue weighted by molar-refractivity contribution is 14.1. The quantitative estimate of drug-likeness (QED) is 0.623. The van der Waals surface area contributed by atoms with Gasteiger partial charge in [-0.25, -0.2) is 9.67 Å². The Hall–Kier alpha value is -0.990. The molecule has 3 rings (SSSR count). The highest BCUT2D eigenvalue weighted by atomic mass is 127. The third-order valence-electron chi connectivity index (χ3n) is 3.42. The minimum Gasteiger partial charge on any atom is -0.373 e. The normalized spacial score (nSPS) is 16.2. The maximum absolute atomic E-state index is 9.67. The Kier molecular flexibility index (Phi) is 3.55. The lowest BCUT2D eigenvalue weighted by Crippen LogP contribution is -2.12. The first kappa shape index (κ1) is 13.0. The number of hydrogen-bond acceptors (Lipinski definition) is 4. The van der Waals surface area contributed by atoms with Crippen LogP contribution >= 0.6 is 22.6 Å². The number of aliphatic hydroxyl groups is 1. The van der Waals surface area contributed by atoms with Crippen molar-refractivity contribution < 1.29 is 5.11 Å². The minimum atomic E-state index is -1.02. The SMILES string of the molecule is NC(O)c1nn(-c2cc(I)ccn2)c2c1CCCC2. The summed E-state index contributed by atoms with van der Waals surface area (Å²) in [5.41, 5.74) is 8.45. The monoisotopic (exact) mass is 370 g/mol. The van der Waals surface area contributed by atoms with Crippen molar-refractivity contribution in [3.63, 3.8) is 0 Å². The summed E-state index contributed by atoms with van der Waals surface area (Å²) in [5, 5.41) is 14.2. The summed E-state index contributed by atoms with van der Waals surface area (Å²) in [7, 11) is 0. The van der Waals surface area contributed by atoms with Gasteiger partial charge in [-0.1, -0.05) is 0 Å². The van der Waals surface area contributed by atoms with Crippen LogP contribution in [0.1, 0.15) is 36.0 Å². The fraction of sp³-hybridized carbons (Fsp3) is 0.385. The summed E-state index contributed by atoms with van der Waals surface area (Å²) in [6.45, 7) is 0. The predicted octanol–water partition coefficient (Wildman–Crippen LogP) is 1.70. The van der Waals surface area contributed by atoms with Crippen LogP contribution < -0.4 is 5.73 Å². The van der Waals surface area contributed by atoms with Crippen molar-refractivity contribution in [1.29, 1.82) is 0 Å². The Morgan fingerprint density at radius 1 is 1.37 bits per heavy atom. The first-order valence-corrected chi connectivity index (χ1v) is 7.41. The van der Waals surface area contributed by atoms with Gasteiger partial charge in [0, 0.05) is 21.0 Å². The zero-order valence-electron chi connectivity index (χ0n) is 10.4. The van der Waals surface area contributed by atoms with E-state index in [1.165, 1.54) is 0 Å². The molecule has 1 aliphatic carbocycles. The standard InChI is InChI=1S/C13H15IN4O/c14-8-5-6-16-11(7-8)18-10-4-2-1-3-9(10)12(17-18)13(15)19/h5-7,13,19H,1-4,15H2. The summed E-state index contributed by atoms with van der Waals surface area (Å²) in [6.07, 6.45) is 4.91. The Labute approximate surface area is 125 Å². The van der Waals surface area contributed by atoms with E-state index in [1.54, 1.807) is 6.20 Å². The molecule has 6 heteroatoms. The molecule has 1 aliphatic rings. The average Bonchev–Trinajstić information content (AvgIpc) is 2.78. The number of pyridine rings is 1. The van der Waals surface area contributed by atoms with E-state index in [2.05, 4.69) is 32.7 Å². The van der Waals surface area contributed by atoms with Crippen molar-refractivity contribution in [2.24, 2.45) is 5.73 Å².